The summed E-state index contributed by atoms with van der Waals surface area (Å²) in [7, 11) is 0. The van der Waals surface area contributed by atoms with E-state index in [9.17, 15) is 4.39 Å². The topological polar surface area (TPSA) is 43.1 Å². The van der Waals surface area contributed by atoms with Crippen LogP contribution in [0.25, 0.3) is 21.1 Å². The third kappa shape index (κ3) is 5.12. The first-order valence-corrected chi connectivity index (χ1v) is 10.9. The molecule has 0 saturated heterocycles. The lowest BCUT2D eigenvalue weighted by Gasteiger charge is -2.14. The van der Waals surface area contributed by atoms with E-state index in [0.717, 1.165) is 57.2 Å². The summed E-state index contributed by atoms with van der Waals surface area (Å²) in [4.78, 5) is 7.22. The third-order valence-electron chi connectivity index (χ3n) is 4.47. The second kappa shape index (κ2) is 9.39. The van der Waals surface area contributed by atoms with Crippen LogP contribution in [0.5, 0.6) is 0 Å². The average molecular weight is 404 g/mol. The standard InChI is InChI=1S/C20H23FN4S2/c1-4-25(5-2)12-13-26-18-11-10-17(23-24-18)19-14(3)22-20(27-19)15-6-8-16(21)9-7-15/h6-11H,4-5,12-13H2,1-3H3/p+1. The van der Waals surface area contributed by atoms with Gasteiger partial charge in [0.25, 0.3) is 0 Å². The number of aryl methyl sites for hydroxylation is 1. The molecule has 0 atom stereocenters. The highest BCUT2D eigenvalue weighted by atomic mass is 32.2. The zero-order valence-electron chi connectivity index (χ0n) is 15.8. The molecule has 2 heterocycles. The SMILES string of the molecule is CC[NH+](CC)CCSc1ccc(-c2sc(-c3ccc(F)cc3)nc2C)nn1. The van der Waals surface area contributed by atoms with E-state index in [1.807, 2.05) is 19.1 Å². The van der Waals surface area contributed by atoms with Gasteiger partial charge in [0.05, 0.1) is 30.2 Å². The molecule has 2 aromatic heterocycles. The number of nitrogens with one attached hydrogen (secondary N) is 1. The molecule has 0 unspecified atom stereocenters. The monoisotopic (exact) mass is 403 g/mol. The van der Waals surface area contributed by atoms with Gasteiger partial charge in [-0.15, -0.1) is 21.5 Å². The van der Waals surface area contributed by atoms with E-state index >= 15 is 0 Å². The first kappa shape index (κ1) is 19.9. The van der Waals surface area contributed by atoms with E-state index in [2.05, 4.69) is 29.0 Å². The molecule has 7 heteroatoms. The van der Waals surface area contributed by atoms with Crippen LogP contribution < -0.4 is 4.90 Å². The molecule has 1 N–H and O–H groups in total. The smallest absolute Gasteiger partial charge is 0.124 e. The molecule has 27 heavy (non-hydrogen) atoms. The first-order valence-electron chi connectivity index (χ1n) is 9.14. The molecule has 142 valence electrons. The minimum atomic E-state index is -0.242. The summed E-state index contributed by atoms with van der Waals surface area (Å²) >= 11 is 3.31. The van der Waals surface area contributed by atoms with Crippen molar-refractivity contribution in [1.82, 2.24) is 15.2 Å². The zero-order valence-corrected chi connectivity index (χ0v) is 17.5. The van der Waals surface area contributed by atoms with E-state index in [0.29, 0.717) is 0 Å². The Morgan fingerprint density at radius 1 is 1.04 bits per heavy atom. The molecular formula is C20H24FN4S2+. The summed E-state index contributed by atoms with van der Waals surface area (Å²) in [6.07, 6.45) is 0. The zero-order chi connectivity index (χ0) is 19.2. The van der Waals surface area contributed by atoms with Crippen LogP contribution in [0, 0.1) is 12.7 Å². The number of benzene rings is 1. The second-order valence-electron chi connectivity index (χ2n) is 6.25. The van der Waals surface area contributed by atoms with E-state index in [1.54, 1.807) is 40.1 Å². The Balaban J connectivity index is 1.69. The molecule has 0 bridgehead atoms. The number of hydrogen-bond acceptors (Lipinski definition) is 5. The van der Waals surface area contributed by atoms with E-state index in [-0.39, 0.29) is 5.82 Å². The number of nitrogens with zero attached hydrogens (tertiary/aromatic N) is 3. The maximum atomic E-state index is 13.1. The molecule has 4 nitrogen and oxygen atoms in total. The van der Waals surface area contributed by atoms with Crippen LogP contribution >= 0.6 is 23.1 Å². The van der Waals surface area contributed by atoms with Crippen molar-refractivity contribution in [2.45, 2.75) is 25.8 Å². The van der Waals surface area contributed by atoms with Crippen LogP contribution in [0.15, 0.2) is 41.4 Å². The van der Waals surface area contributed by atoms with Gasteiger partial charge in [0.15, 0.2) is 0 Å². The molecular weight excluding hydrogens is 379 g/mol. The van der Waals surface area contributed by atoms with Crippen LogP contribution in [0.2, 0.25) is 0 Å². The lowest BCUT2D eigenvalue weighted by molar-refractivity contribution is -0.893. The summed E-state index contributed by atoms with van der Waals surface area (Å²) in [6.45, 7) is 9.85. The number of halogens is 1. The maximum absolute atomic E-state index is 13.1. The summed E-state index contributed by atoms with van der Waals surface area (Å²) in [5.41, 5.74) is 2.66. The van der Waals surface area contributed by atoms with Crippen molar-refractivity contribution in [2.75, 3.05) is 25.4 Å². The van der Waals surface area contributed by atoms with Crippen molar-refractivity contribution in [3.8, 4) is 21.1 Å². The van der Waals surface area contributed by atoms with Crippen molar-refractivity contribution in [3.63, 3.8) is 0 Å². The largest absolute Gasteiger partial charge is 0.335 e. The van der Waals surface area contributed by atoms with Crippen molar-refractivity contribution in [2.24, 2.45) is 0 Å². The Kier molecular flexibility index (Phi) is 6.93. The van der Waals surface area contributed by atoms with E-state index < -0.39 is 0 Å². The van der Waals surface area contributed by atoms with E-state index in [4.69, 9.17) is 0 Å². The average Bonchev–Trinajstić information content (AvgIpc) is 3.08. The van der Waals surface area contributed by atoms with Crippen molar-refractivity contribution >= 4 is 23.1 Å². The Morgan fingerprint density at radius 3 is 2.41 bits per heavy atom. The summed E-state index contributed by atoms with van der Waals surface area (Å²) < 4.78 is 13.1. The van der Waals surface area contributed by atoms with Crippen LogP contribution in [0.4, 0.5) is 4.39 Å². The van der Waals surface area contributed by atoms with Crippen molar-refractivity contribution in [3.05, 3.63) is 47.9 Å². The van der Waals surface area contributed by atoms with Gasteiger partial charge >= 0.3 is 0 Å². The maximum Gasteiger partial charge on any atom is 0.124 e. The van der Waals surface area contributed by atoms with Gasteiger partial charge in [0, 0.05) is 11.3 Å². The van der Waals surface area contributed by atoms with Gasteiger partial charge in [-0.1, -0.05) is 11.8 Å². The molecule has 3 rings (SSSR count). The summed E-state index contributed by atoms with van der Waals surface area (Å²) in [6, 6.07) is 10.5. The Morgan fingerprint density at radius 2 is 1.78 bits per heavy atom. The van der Waals surface area contributed by atoms with Gasteiger partial charge in [0.1, 0.15) is 21.5 Å². The van der Waals surface area contributed by atoms with Gasteiger partial charge in [-0.25, -0.2) is 9.37 Å². The number of thiazole rings is 1. The fourth-order valence-electron chi connectivity index (χ4n) is 2.77. The fraction of sp³-hybridized carbons (Fsp3) is 0.350. The van der Waals surface area contributed by atoms with Gasteiger partial charge < -0.3 is 4.90 Å². The molecule has 0 saturated carbocycles. The van der Waals surface area contributed by atoms with Gasteiger partial charge in [0.2, 0.25) is 0 Å². The molecule has 0 spiro atoms. The summed E-state index contributed by atoms with van der Waals surface area (Å²) in [5.74, 6) is 0.799. The molecule has 1 aromatic carbocycles. The minimum Gasteiger partial charge on any atom is -0.335 e. The quantitative estimate of drug-likeness (QED) is 0.582. The predicted molar refractivity (Wildman–Crippen MR) is 111 cm³/mol. The number of quaternary nitrogens is 1. The van der Waals surface area contributed by atoms with Crippen LogP contribution in [-0.4, -0.2) is 40.6 Å². The van der Waals surface area contributed by atoms with Gasteiger partial charge in [-0.3, -0.25) is 0 Å². The van der Waals surface area contributed by atoms with Crippen LogP contribution in [0.3, 0.4) is 0 Å². The third-order valence-corrected chi connectivity index (χ3v) is 6.62. The van der Waals surface area contributed by atoms with Crippen molar-refractivity contribution in [1.29, 1.82) is 0 Å². The highest BCUT2D eigenvalue weighted by Gasteiger charge is 2.13. The highest BCUT2D eigenvalue weighted by molar-refractivity contribution is 7.99. The Bertz CT molecular complexity index is 859. The van der Waals surface area contributed by atoms with Gasteiger partial charge in [-0.2, -0.15) is 0 Å². The predicted octanol–water partition coefficient (Wildman–Crippen LogP) is 3.73. The Labute approximate surface area is 167 Å². The lowest BCUT2D eigenvalue weighted by atomic mass is 10.2. The lowest BCUT2D eigenvalue weighted by Crippen LogP contribution is -3.11. The van der Waals surface area contributed by atoms with E-state index in [1.165, 1.54) is 12.1 Å². The minimum absolute atomic E-state index is 0.242. The normalized spacial score (nSPS) is 11.3. The number of thioether (sulfide) groups is 1. The molecule has 0 radical (unpaired) electrons. The summed E-state index contributed by atoms with van der Waals surface area (Å²) in [5, 5.41) is 10.6. The number of aromatic nitrogens is 3. The fourth-order valence-corrected chi connectivity index (χ4v) is 4.67. The van der Waals surface area contributed by atoms with Gasteiger partial charge in [-0.05, 0) is 57.2 Å². The first-order chi connectivity index (χ1) is 13.1. The Hall–Kier alpha value is -1.83. The highest BCUT2D eigenvalue weighted by Crippen LogP contribution is 2.34. The molecule has 0 aliphatic rings. The molecule has 0 fully saturated rings. The van der Waals surface area contributed by atoms with Crippen LogP contribution in [0.1, 0.15) is 19.5 Å². The molecule has 3 aromatic rings. The molecule has 0 aliphatic carbocycles. The molecule has 0 amide bonds. The number of hydrogen-bond donors (Lipinski definition) is 1. The van der Waals surface area contributed by atoms with Crippen LogP contribution in [-0.2, 0) is 0 Å². The number of rotatable bonds is 8. The molecule has 0 aliphatic heterocycles. The second-order valence-corrected chi connectivity index (χ2v) is 8.37. The van der Waals surface area contributed by atoms with Crippen molar-refractivity contribution < 1.29 is 9.29 Å².